The first-order chi connectivity index (χ1) is 10.3. The smallest absolute Gasteiger partial charge is 0.224 e. The molecule has 2 aliphatic rings. The Labute approximate surface area is 126 Å². The maximum absolute atomic E-state index is 12.1. The molecule has 0 N–H and O–H groups in total. The van der Waals surface area contributed by atoms with Crippen LogP contribution >= 0.6 is 0 Å². The molecule has 1 amide bonds. The molecule has 0 aliphatic carbocycles. The van der Waals surface area contributed by atoms with E-state index < -0.39 is 0 Å². The van der Waals surface area contributed by atoms with Crippen molar-refractivity contribution in [3.8, 4) is 12.3 Å². The number of terminal acetylenes is 1. The number of hydrogen-bond donors (Lipinski definition) is 0. The predicted octanol–water partition coefficient (Wildman–Crippen LogP) is 2.13. The molecule has 0 spiro atoms. The zero-order valence-electron chi connectivity index (χ0n) is 12.4. The number of amides is 1. The number of carbonyl (C=O) groups excluding carboxylic acids is 1. The van der Waals surface area contributed by atoms with Crippen molar-refractivity contribution in [1.29, 1.82) is 0 Å². The lowest BCUT2D eigenvalue weighted by atomic mass is 10.0. The monoisotopic (exact) mass is 282 g/mol. The summed E-state index contributed by atoms with van der Waals surface area (Å²) in [5.41, 5.74) is 1.34. The molecule has 2 saturated heterocycles. The number of carbonyl (C=O) groups is 1. The fraction of sp³-hybridized carbons (Fsp3) is 0.500. The Morgan fingerprint density at radius 2 is 2.05 bits per heavy atom. The quantitative estimate of drug-likeness (QED) is 0.793. The van der Waals surface area contributed by atoms with E-state index >= 15 is 0 Å². The molecule has 21 heavy (non-hydrogen) atoms. The van der Waals surface area contributed by atoms with Gasteiger partial charge in [-0.15, -0.1) is 12.3 Å². The van der Waals surface area contributed by atoms with Crippen LogP contribution in [0.2, 0.25) is 0 Å². The van der Waals surface area contributed by atoms with Crippen LogP contribution in [0, 0.1) is 18.3 Å². The van der Waals surface area contributed by atoms with E-state index in [0.717, 1.165) is 39.0 Å². The van der Waals surface area contributed by atoms with Crippen LogP contribution in [-0.4, -0.2) is 41.4 Å². The van der Waals surface area contributed by atoms with Gasteiger partial charge in [-0.2, -0.15) is 0 Å². The summed E-state index contributed by atoms with van der Waals surface area (Å²) < 4.78 is 0. The first kappa shape index (κ1) is 14.2. The Kier molecular flexibility index (Phi) is 4.26. The molecule has 1 aromatic carbocycles. The molecular weight excluding hydrogens is 260 g/mol. The second-order valence-corrected chi connectivity index (χ2v) is 6.13. The van der Waals surface area contributed by atoms with E-state index in [2.05, 4.69) is 35.1 Å². The van der Waals surface area contributed by atoms with Gasteiger partial charge >= 0.3 is 0 Å². The third-order valence-corrected chi connectivity index (χ3v) is 4.56. The highest BCUT2D eigenvalue weighted by Crippen LogP contribution is 2.25. The topological polar surface area (TPSA) is 23.6 Å². The maximum atomic E-state index is 12.1. The second-order valence-electron chi connectivity index (χ2n) is 6.13. The first-order valence-electron chi connectivity index (χ1n) is 7.78. The average molecular weight is 282 g/mol. The molecule has 2 atom stereocenters. The Morgan fingerprint density at radius 1 is 1.24 bits per heavy atom. The number of hydrogen-bond acceptors (Lipinski definition) is 2. The summed E-state index contributed by atoms with van der Waals surface area (Å²) >= 11 is 0. The van der Waals surface area contributed by atoms with E-state index in [4.69, 9.17) is 6.42 Å². The highest BCUT2D eigenvalue weighted by atomic mass is 16.2. The van der Waals surface area contributed by atoms with Crippen LogP contribution in [0.3, 0.4) is 0 Å². The summed E-state index contributed by atoms with van der Waals surface area (Å²) in [6.07, 6.45) is 8.27. The van der Waals surface area contributed by atoms with Crippen LogP contribution in [0.1, 0.15) is 24.8 Å². The van der Waals surface area contributed by atoms with Crippen molar-refractivity contribution in [1.82, 2.24) is 9.80 Å². The fourth-order valence-electron chi connectivity index (χ4n) is 3.47. The lowest BCUT2D eigenvalue weighted by Gasteiger charge is -2.37. The van der Waals surface area contributed by atoms with Gasteiger partial charge in [0.2, 0.25) is 5.91 Å². The molecule has 110 valence electrons. The fourth-order valence-corrected chi connectivity index (χ4v) is 3.47. The minimum atomic E-state index is 0.113. The zero-order chi connectivity index (χ0) is 14.7. The van der Waals surface area contributed by atoms with Gasteiger partial charge < -0.3 is 4.90 Å². The van der Waals surface area contributed by atoms with Crippen molar-refractivity contribution in [2.45, 2.75) is 31.8 Å². The highest BCUT2D eigenvalue weighted by Gasteiger charge is 2.35. The molecular formula is C18H22N2O. The lowest BCUT2D eigenvalue weighted by molar-refractivity contribution is -0.130. The van der Waals surface area contributed by atoms with Gasteiger partial charge in [-0.05, 0) is 24.9 Å². The van der Waals surface area contributed by atoms with Gasteiger partial charge in [0.05, 0.1) is 0 Å². The predicted molar refractivity (Wildman–Crippen MR) is 83.4 cm³/mol. The molecule has 1 unspecified atom stereocenters. The summed E-state index contributed by atoms with van der Waals surface area (Å²) in [5, 5.41) is 0. The van der Waals surface area contributed by atoms with Crippen LogP contribution in [0.25, 0.3) is 0 Å². The Balaban J connectivity index is 1.61. The van der Waals surface area contributed by atoms with Gasteiger partial charge in [0, 0.05) is 38.0 Å². The van der Waals surface area contributed by atoms with E-state index in [9.17, 15) is 4.79 Å². The first-order valence-corrected chi connectivity index (χ1v) is 7.78. The van der Waals surface area contributed by atoms with Crippen molar-refractivity contribution in [2.24, 2.45) is 5.92 Å². The molecule has 2 aliphatic heterocycles. The molecule has 0 bridgehead atoms. The Bertz CT molecular complexity index is 534. The normalized spacial score (nSPS) is 26.8. The van der Waals surface area contributed by atoms with E-state index in [-0.39, 0.29) is 11.8 Å². The minimum Gasteiger partial charge on any atom is -0.337 e. The Morgan fingerprint density at radius 3 is 2.76 bits per heavy atom. The van der Waals surface area contributed by atoms with E-state index in [1.54, 1.807) is 0 Å². The molecule has 3 heteroatoms. The van der Waals surface area contributed by atoms with E-state index in [1.807, 2.05) is 11.0 Å². The lowest BCUT2D eigenvalue weighted by Crippen LogP contribution is -2.48. The van der Waals surface area contributed by atoms with Crippen LogP contribution in [0.5, 0.6) is 0 Å². The third-order valence-electron chi connectivity index (χ3n) is 4.56. The summed E-state index contributed by atoms with van der Waals surface area (Å²) in [4.78, 5) is 16.6. The average Bonchev–Trinajstić information content (AvgIpc) is 2.90. The van der Waals surface area contributed by atoms with Gasteiger partial charge in [0.25, 0.3) is 0 Å². The maximum Gasteiger partial charge on any atom is 0.224 e. The SMILES string of the molecule is C#CC1CC(=O)N([C@@H]2CCCN(Cc3ccccc3)C2)C1. The summed E-state index contributed by atoms with van der Waals surface area (Å²) in [6, 6.07) is 10.9. The number of piperidine rings is 1. The summed E-state index contributed by atoms with van der Waals surface area (Å²) in [5.74, 6) is 3.09. The van der Waals surface area contributed by atoms with Crippen molar-refractivity contribution >= 4 is 5.91 Å². The molecule has 0 saturated carbocycles. The van der Waals surface area contributed by atoms with Crippen molar-refractivity contribution in [3.63, 3.8) is 0 Å². The number of benzene rings is 1. The summed E-state index contributed by atoms with van der Waals surface area (Å²) in [6.45, 7) is 3.81. The van der Waals surface area contributed by atoms with Crippen LogP contribution < -0.4 is 0 Å². The van der Waals surface area contributed by atoms with Gasteiger partial charge in [-0.3, -0.25) is 9.69 Å². The number of likely N-dealkylation sites (tertiary alicyclic amines) is 2. The van der Waals surface area contributed by atoms with Crippen LogP contribution in [0.4, 0.5) is 0 Å². The second kappa shape index (κ2) is 6.32. The molecule has 1 aromatic rings. The van der Waals surface area contributed by atoms with E-state index in [1.165, 1.54) is 5.56 Å². The van der Waals surface area contributed by atoms with Crippen molar-refractivity contribution in [2.75, 3.05) is 19.6 Å². The van der Waals surface area contributed by atoms with Gasteiger partial charge in [0.15, 0.2) is 0 Å². The molecule has 3 rings (SSSR count). The van der Waals surface area contributed by atoms with Gasteiger partial charge in [-0.1, -0.05) is 30.3 Å². The molecule has 0 radical (unpaired) electrons. The third kappa shape index (κ3) is 3.28. The molecule has 2 heterocycles. The van der Waals surface area contributed by atoms with Gasteiger partial charge in [0.1, 0.15) is 0 Å². The molecule has 2 fully saturated rings. The molecule has 3 nitrogen and oxygen atoms in total. The largest absolute Gasteiger partial charge is 0.337 e. The van der Waals surface area contributed by atoms with Crippen LogP contribution in [-0.2, 0) is 11.3 Å². The van der Waals surface area contributed by atoms with E-state index in [0.29, 0.717) is 12.5 Å². The Hall–Kier alpha value is -1.79. The van der Waals surface area contributed by atoms with Gasteiger partial charge in [-0.25, -0.2) is 0 Å². The number of nitrogens with zero attached hydrogens (tertiary/aromatic N) is 2. The van der Waals surface area contributed by atoms with Crippen LogP contribution in [0.15, 0.2) is 30.3 Å². The highest BCUT2D eigenvalue weighted by molar-refractivity contribution is 5.79. The summed E-state index contributed by atoms with van der Waals surface area (Å²) in [7, 11) is 0. The van der Waals surface area contributed by atoms with Crippen molar-refractivity contribution < 1.29 is 4.79 Å². The molecule has 0 aromatic heterocycles. The standard InChI is InChI=1S/C18H22N2O/c1-2-15-11-18(21)20(13-15)17-9-6-10-19(14-17)12-16-7-4-3-5-8-16/h1,3-5,7-8,15,17H,6,9-14H2/t15?,17-/m1/s1. The zero-order valence-corrected chi connectivity index (χ0v) is 12.4. The van der Waals surface area contributed by atoms with Crippen molar-refractivity contribution in [3.05, 3.63) is 35.9 Å². The minimum absolute atomic E-state index is 0.113. The number of rotatable bonds is 3.